The number of fused-ring (bicyclic) bond motifs is 2. The van der Waals surface area contributed by atoms with Crippen LogP contribution in [0, 0.1) is 0 Å². The summed E-state index contributed by atoms with van der Waals surface area (Å²) in [5.41, 5.74) is 1.12. The second-order valence-electron chi connectivity index (χ2n) is 16.0. The van der Waals surface area contributed by atoms with Crippen molar-refractivity contribution in [3.8, 4) is 11.5 Å². The van der Waals surface area contributed by atoms with Gasteiger partial charge in [-0.25, -0.2) is 0 Å². The quantitative estimate of drug-likeness (QED) is 0.0783. The first kappa shape index (κ1) is 37.1. The van der Waals surface area contributed by atoms with E-state index < -0.39 is 16.6 Å². The minimum absolute atomic E-state index is 0.110. The maximum atomic E-state index is 8.09. The van der Waals surface area contributed by atoms with Crippen molar-refractivity contribution in [2.75, 3.05) is 0 Å². The van der Waals surface area contributed by atoms with Crippen molar-refractivity contribution in [3.05, 3.63) is 230 Å². The largest absolute Gasteiger partial charge is 0.529 e. The molecule has 0 saturated carbocycles. The molecule has 0 aliphatic heterocycles. The number of hydrogen-bond acceptors (Lipinski definition) is 2. The topological polar surface area (TPSA) is 18.5 Å². The van der Waals surface area contributed by atoms with Crippen molar-refractivity contribution in [2.24, 2.45) is 0 Å². The highest BCUT2D eigenvalue weighted by Crippen LogP contribution is 2.45. The highest BCUT2D eigenvalue weighted by molar-refractivity contribution is 7.08. The maximum Gasteiger partial charge on any atom is 0.346 e. The van der Waals surface area contributed by atoms with Crippen molar-refractivity contribution in [3.63, 3.8) is 0 Å². The molecule has 282 valence electrons. The van der Waals surface area contributed by atoms with Gasteiger partial charge in [-0.1, -0.05) is 239 Å². The molecule has 0 bridgehead atoms. The lowest BCUT2D eigenvalue weighted by Gasteiger charge is -2.36. The number of rotatable bonds is 10. The fourth-order valence-electron chi connectivity index (χ4n) is 8.48. The molecule has 0 fully saturated rings. The third-order valence-electron chi connectivity index (χ3n) is 11.4. The zero-order valence-electron chi connectivity index (χ0n) is 33.2. The Bertz CT molecular complexity index is 2590. The van der Waals surface area contributed by atoms with Gasteiger partial charge >= 0.3 is 16.6 Å². The highest BCUT2D eigenvalue weighted by atomic mass is 28.4. The van der Waals surface area contributed by atoms with E-state index in [4.69, 9.17) is 8.85 Å². The molecule has 0 aliphatic carbocycles. The molecule has 9 rings (SSSR count). The van der Waals surface area contributed by atoms with Gasteiger partial charge in [0.2, 0.25) is 0 Å². The number of hydrogen-bond donors (Lipinski definition) is 0. The second-order valence-corrected chi connectivity index (χ2v) is 22.6. The Labute approximate surface area is 344 Å². The molecule has 0 saturated heterocycles. The fraction of sp³-hybridized carbons (Fsp3) is 0.0741. The first-order valence-electron chi connectivity index (χ1n) is 20.1. The summed E-state index contributed by atoms with van der Waals surface area (Å²) in [5.74, 6) is 1.74. The highest BCUT2D eigenvalue weighted by Gasteiger charge is 2.47. The van der Waals surface area contributed by atoms with Crippen LogP contribution in [0.25, 0.3) is 21.5 Å². The summed E-state index contributed by atoms with van der Waals surface area (Å²) in [6, 6.07) is 80.7. The van der Waals surface area contributed by atoms with E-state index >= 15 is 0 Å². The van der Waals surface area contributed by atoms with Crippen LogP contribution in [0.15, 0.2) is 224 Å². The smallest absolute Gasteiger partial charge is 0.346 e. The second kappa shape index (κ2) is 15.5. The van der Waals surface area contributed by atoms with Crippen LogP contribution in [0.1, 0.15) is 26.3 Å². The maximum absolute atomic E-state index is 8.09. The summed E-state index contributed by atoms with van der Waals surface area (Å²) in [4.78, 5) is 0. The Hall–Kier alpha value is -6.47. The molecule has 0 atom stereocenters. The van der Waals surface area contributed by atoms with Crippen LogP contribution in [-0.2, 0) is 5.41 Å². The average Bonchev–Trinajstić information content (AvgIpc) is 3.29. The van der Waals surface area contributed by atoms with Crippen molar-refractivity contribution in [1.82, 2.24) is 0 Å². The van der Waals surface area contributed by atoms with E-state index in [1.54, 1.807) is 0 Å². The molecule has 4 heteroatoms. The van der Waals surface area contributed by atoms with E-state index in [-0.39, 0.29) is 5.41 Å². The molecule has 0 amide bonds. The van der Waals surface area contributed by atoms with Crippen molar-refractivity contribution in [2.45, 2.75) is 26.2 Å². The Morgan fingerprint density at radius 1 is 0.293 bits per heavy atom. The van der Waals surface area contributed by atoms with Gasteiger partial charge < -0.3 is 8.85 Å². The first-order chi connectivity index (χ1) is 28.4. The predicted octanol–water partition coefficient (Wildman–Crippen LogP) is 9.38. The van der Waals surface area contributed by atoms with Crippen molar-refractivity contribution >= 4 is 69.3 Å². The van der Waals surface area contributed by atoms with Gasteiger partial charge in [-0.05, 0) is 48.2 Å². The lowest BCUT2D eigenvalue weighted by atomic mass is 9.85. The normalized spacial score (nSPS) is 12.1. The van der Waals surface area contributed by atoms with Gasteiger partial charge in [0.15, 0.2) is 0 Å². The van der Waals surface area contributed by atoms with Gasteiger partial charge in [0.05, 0.1) is 0 Å². The van der Waals surface area contributed by atoms with Crippen molar-refractivity contribution < 1.29 is 8.85 Å². The van der Waals surface area contributed by atoms with Crippen LogP contribution < -0.4 is 40.0 Å². The standard InChI is InChI=1S/C54H46O2Si2/c1-54(2,3)41-38-39-50-51(40-41)53(56-58(45-30-16-7-17-31-45,46-32-18-8-19-33-46)47-34-20-9-21-35-47)49-37-23-22-36-48(49)52(50)55-57(42-24-10-4-11-25-42,43-26-12-5-13-27-43)44-28-14-6-15-29-44/h4-40H,1-3H3. The average molecular weight is 783 g/mol. The van der Waals surface area contributed by atoms with Gasteiger partial charge in [0, 0.05) is 21.5 Å². The lowest BCUT2D eigenvalue weighted by Crippen LogP contribution is -2.71. The minimum atomic E-state index is -3.22. The summed E-state index contributed by atoms with van der Waals surface area (Å²) in [7, 11) is -6.42. The van der Waals surface area contributed by atoms with Crippen LogP contribution in [-0.4, -0.2) is 16.6 Å². The van der Waals surface area contributed by atoms with Crippen molar-refractivity contribution in [1.29, 1.82) is 0 Å². The minimum Gasteiger partial charge on any atom is -0.529 e. The van der Waals surface area contributed by atoms with E-state index in [1.165, 1.54) is 36.7 Å². The Kier molecular flexibility index (Phi) is 9.90. The first-order valence-corrected chi connectivity index (χ1v) is 23.9. The third-order valence-corrected chi connectivity index (χ3v) is 19.3. The molecule has 0 unspecified atom stereocenters. The molecule has 0 aromatic heterocycles. The molecule has 2 nitrogen and oxygen atoms in total. The van der Waals surface area contributed by atoms with Crippen LogP contribution in [0.3, 0.4) is 0 Å². The molecule has 0 spiro atoms. The fourth-order valence-corrected chi connectivity index (χ4v) is 16.2. The Morgan fingerprint density at radius 2 is 0.552 bits per heavy atom. The Balaban J connectivity index is 1.40. The SMILES string of the molecule is CC(C)(C)c1ccc2c(O[Si](c3ccccc3)(c3ccccc3)c3ccccc3)c3ccccc3c(O[Si](c3ccccc3)(c3ccccc3)c3ccccc3)c2c1. The van der Waals surface area contributed by atoms with E-state index in [1.807, 2.05) is 0 Å². The van der Waals surface area contributed by atoms with E-state index in [0.717, 1.165) is 33.0 Å². The molecular weight excluding hydrogens is 737 g/mol. The number of benzene rings is 9. The van der Waals surface area contributed by atoms with Crippen LogP contribution in [0.2, 0.25) is 0 Å². The molecule has 0 heterocycles. The summed E-state index contributed by atoms with van der Waals surface area (Å²) in [6.45, 7) is 6.84. The monoisotopic (exact) mass is 782 g/mol. The van der Waals surface area contributed by atoms with Gasteiger partial charge in [-0.3, -0.25) is 0 Å². The third kappa shape index (κ3) is 6.54. The van der Waals surface area contributed by atoms with Crippen LogP contribution >= 0.6 is 0 Å². The molecule has 58 heavy (non-hydrogen) atoms. The molecule has 0 N–H and O–H groups in total. The summed E-state index contributed by atoms with van der Waals surface area (Å²) >= 11 is 0. The zero-order valence-corrected chi connectivity index (χ0v) is 35.2. The van der Waals surface area contributed by atoms with Gasteiger partial charge in [-0.2, -0.15) is 0 Å². The molecule has 9 aromatic rings. The van der Waals surface area contributed by atoms with Gasteiger partial charge in [0.1, 0.15) is 11.5 Å². The van der Waals surface area contributed by atoms with E-state index in [0.29, 0.717) is 0 Å². The zero-order chi connectivity index (χ0) is 39.6. The Morgan fingerprint density at radius 3 is 0.845 bits per heavy atom. The van der Waals surface area contributed by atoms with E-state index in [2.05, 4.69) is 245 Å². The van der Waals surface area contributed by atoms with Gasteiger partial charge in [-0.15, -0.1) is 0 Å². The molecule has 0 aliphatic rings. The molecule has 0 radical (unpaired) electrons. The van der Waals surface area contributed by atoms with Crippen LogP contribution in [0.5, 0.6) is 11.5 Å². The summed E-state index contributed by atoms with van der Waals surface area (Å²) in [5, 5.41) is 11.2. The summed E-state index contributed by atoms with van der Waals surface area (Å²) < 4.78 is 16.1. The predicted molar refractivity (Wildman–Crippen MR) is 249 cm³/mol. The lowest BCUT2D eigenvalue weighted by molar-refractivity contribution is 0.578. The molecular formula is C54H46O2Si2. The molecule has 9 aromatic carbocycles. The summed E-state index contributed by atoms with van der Waals surface area (Å²) in [6.07, 6.45) is 0. The van der Waals surface area contributed by atoms with Crippen LogP contribution in [0.4, 0.5) is 0 Å². The van der Waals surface area contributed by atoms with Gasteiger partial charge in [0.25, 0.3) is 0 Å². The van der Waals surface area contributed by atoms with E-state index in [9.17, 15) is 0 Å².